The molecule has 204 valence electrons. The molecule has 0 bridgehead atoms. The van der Waals surface area contributed by atoms with E-state index in [1.807, 2.05) is 6.26 Å². The molecule has 0 aromatic rings. The summed E-state index contributed by atoms with van der Waals surface area (Å²) in [6.07, 6.45) is 11.7. The fourth-order valence-electron chi connectivity index (χ4n) is 4.74. The number of carbonyl (C=O) groups is 3. The number of thioether (sulfide) groups is 2. The molecule has 2 fully saturated rings. The number of aliphatic carboxylic acids is 1. The maximum absolute atomic E-state index is 13.2. The number of hydrogen-bond acceptors (Lipinski definition) is 7. The van der Waals surface area contributed by atoms with Gasteiger partial charge in [-0.3, -0.25) is 24.2 Å². The van der Waals surface area contributed by atoms with Crippen LogP contribution in [-0.4, -0.2) is 101 Å². The molecule has 1 aliphatic heterocycles. The Hall–Kier alpha value is -1.49. The SMILES string of the molecule is C=CC(=C)CN1CCC(NC(=O)[C@H](CSCC2CCCCC2)NC(=O)CN(CSC)CC(=O)O)CC1. The summed E-state index contributed by atoms with van der Waals surface area (Å²) >= 11 is 3.20. The van der Waals surface area contributed by atoms with Crippen LogP contribution in [0.2, 0.25) is 0 Å². The number of likely N-dealkylation sites (tertiary alicyclic amines) is 1. The zero-order chi connectivity index (χ0) is 26.3. The molecule has 1 heterocycles. The van der Waals surface area contributed by atoms with Crippen LogP contribution >= 0.6 is 23.5 Å². The summed E-state index contributed by atoms with van der Waals surface area (Å²) in [7, 11) is 0. The summed E-state index contributed by atoms with van der Waals surface area (Å²) in [5.74, 6) is 1.20. The Morgan fingerprint density at radius 2 is 1.83 bits per heavy atom. The molecule has 1 aliphatic carbocycles. The minimum Gasteiger partial charge on any atom is -0.480 e. The molecule has 2 rings (SSSR count). The number of piperidine rings is 1. The topological polar surface area (TPSA) is 102 Å². The van der Waals surface area contributed by atoms with Crippen LogP contribution in [0.25, 0.3) is 0 Å². The van der Waals surface area contributed by atoms with Gasteiger partial charge < -0.3 is 15.7 Å². The lowest BCUT2D eigenvalue weighted by molar-refractivity contribution is -0.138. The van der Waals surface area contributed by atoms with Gasteiger partial charge in [0.05, 0.1) is 13.1 Å². The van der Waals surface area contributed by atoms with Crippen molar-refractivity contribution in [2.45, 2.75) is 57.0 Å². The first-order chi connectivity index (χ1) is 17.3. The second-order valence-corrected chi connectivity index (χ2v) is 11.8. The molecular formula is C26H44N4O4S2. The first-order valence-corrected chi connectivity index (χ1v) is 15.5. The number of nitrogens with zero attached hydrogens (tertiary/aromatic N) is 2. The number of hydrogen-bond donors (Lipinski definition) is 3. The average molecular weight is 541 g/mol. The van der Waals surface area contributed by atoms with Crippen molar-refractivity contribution in [3.63, 3.8) is 0 Å². The maximum Gasteiger partial charge on any atom is 0.317 e. The number of nitrogens with one attached hydrogen (secondary N) is 2. The van der Waals surface area contributed by atoms with Crippen LogP contribution in [0.4, 0.5) is 0 Å². The first kappa shape index (κ1) is 30.7. The van der Waals surface area contributed by atoms with Crippen LogP contribution in [-0.2, 0) is 14.4 Å². The normalized spacial score (nSPS) is 18.5. The highest BCUT2D eigenvalue weighted by Crippen LogP contribution is 2.27. The zero-order valence-corrected chi connectivity index (χ0v) is 23.3. The number of rotatable bonds is 16. The van der Waals surface area contributed by atoms with Gasteiger partial charge in [0, 0.05) is 37.3 Å². The summed E-state index contributed by atoms with van der Waals surface area (Å²) in [5, 5.41) is 15.2. The Morgan fingerprint density at radius 1 is 1.14 bits per heavy atom. The van der Waals surface area contributed by atoms with Crippen molar-refractivity contribution in [3.05, 3.63) is 24.8 Å². The molecule has 10 heteroatoms. The Kier molecular flexibility index (Phi) is 14.6. The number of carboxylic acid groups (broad SMARTS) is 1. The lowest BCUT2D eigenvalue weighted by atomic mass is 9.91. The van der Waals surface area contributed by atoms with Gasteiger partial charge in [-0.2, -0.15) is 11.8 Å². The third-order valence-corrected chi connectivity index (χ3v) is 8.60. The van der Waals surface area contributed by atoms with Gasteiger partial charge in [0.2, 0.25) is 11.8 Å². The van der Waals surface area contributed by atoms with Crippen molar-refractivity contribution >= 4 is 41.3 Å². The Balaban J connectivity index is 1.91. The van der Waals surface area contributed by atoms with E-state index in [1.54, 1.807) is 22.7 Å². The molecular weight excluding hydrogens is 496 g/mol. The molecule has 0 spiro atoms. The quantitative estimate of drug-likeness (QED) is 0.203. The van der Waals surface area contributed by atoms with Gasteiger partial charge >= 0.3 is 5.97 Å². The first-order valence-electron chi connectivity index (χ1n) is 12.9. The van der Waals surface area contributed by atoms with Crippen molar-refractivity contribution in [3.8, 4) is 0 Å². The van der Waals surface area contributed by atoms with Crippen LogP contribution in [0.15, 0.2) is 24.8 Å². The maximum atomic E-state index is 13.2. The van der Waals surface area contributed by atoms with E-state index in [9.17, 15) is 14.4 Å². The molecule has 1 atom stereocenters. The highest BCUT2D eigenvalue weighted by atomic mass is 32.2. The Bertz CT molecular complexity index is 737. The van der Waals surface area contributed by atoms with Crippen LogP contribution in [0.1, 0.15) is 44.9 Å². The second kappa shape index (κ2) is 17.1. The molecule has 0 aromatic carbocycles. The largest absolute Gasteiger partial charge is 0.480 e. The molecule has 0 unspecified atom stereocenters. The lowest BCUT2D eigenvalue weighted by Gasteiger charge is -2.33. The minimum atomic E-state index is -0.975. The third-order valence-electron chi connectivity index (χ3n) is 6.70. The molecule has 0 aromatic heterocycles. The zero-order valence-electron chi connectivity index (χ0n) is 21.7. The smallest absolute Gasteiger partial charge is 0.317 e. The van der Waals surface area contributed by atoms with Crippen LogP contribution in [0.5, 0.6) is 0 Å². The van der Waals surface area contributed by atoms with E-state index in [0.717, 1.165) is 43.8 Å². The second-order valence-electron chi connectivity index (χ2n) is 9.88. The van der Waals surface area contributed by atoms with E-state index in [2.05, 4.69) is 28.7 Å². The number of carboxylic acids is 1. The fourth-order valence-corrected chi connectivity index (χ4v) is 6.56. The molecule has 36 heavy (non-hydrogen) atoms. The molecule has 8 nitrogen and oxygen atoms in total. The van der Waals surface area contributed by atoms with Gasteiger partial charge in [0.25, 0.3) is 0 Å². The van der Waals surface area contributed by atoms with E-state index in [0.29, 0.717) is 17.5 Å². The summed E-state index contributed by atoms with van der Waals surface area (Å²) in [6.45, 7) is 10.1. The highest BCUT2D eigenvalue weighted by Gasteiger charge is 2.27. The summed E-state index contributed by atoms with van der Waals surface area (Å²) in [6, 6.07) is -0.556. The predicted octanol–water partition coefficient (Wildman–Crippen LogP) is 2.81. The molecule has 1 saturated carbocycles. The molecule has 0 radical (unpaired) electrons. The summed E-state index contributed by atoms with van der Waals surface area (Å²) in [4.78, 5) is 41.0. The molecule has 2 amide bonds. The number of carbonyl (C=O) groups excluding carboxylic acids is 2. The van der Waals surface area contributed by atoms with Gasteiger partial charge in [-0.1, -0.05) is 38.5 Å². The predicted molar refractivity (Wildman–Crippen MR) is 150 cm³/mol. The Labute approximate surface area is 225 Å². The van der Waals surface area contributed by atoms with E-state index in [4.69, 9.17) is 5.11 Å². The van der Waals surface area contributed by atoms with Gasteiger partial charge in [-0.15, -0.1) is 11.8 Å². The fraction of sp³-hybridized carbons (Fsp3) is 0.731. The van der Waals surface area contributed by atoms with Crippen molar-refractivity contribution in [1.29, 1.82) is 0 Å². The van der Waals surface area contributed by atoms with Crippen LogP contribution in [0, 0.1) is 5.92 Å². The van der Waals surface area contributed by atoms with Crippen molar-refractivity contribution in [1.82, 2.24) is 20.4 Å². The summed E-state index contributed by atoms with van der Waals surface area (Å²) in [5.41, 5.74) is 0.994. The van der Waals surface area contributed by atoms with Gasteiger partial charge in [-0.25, -0.2) is 0 Å². The van der Waals surface area contributed by atoms with Crippen molar-refractivity contribution in [2.75, 3.05) is 56.4 Å². The minimum absolute atomic E-state index is 0.0458. The van der Waals surface area contributed by atoms with E-state index < -0.39 is 12.0 Å². The standard InChI is InChI=1S/C26H44N4O4S2/c1-4-20(2)14-29-12-10-22(11-13-29)27-26(34)23(18-36-17-21-8-6-5-7-9-21)28-24(31)15-30(19-35-3)16-25(32)33/h4,21-23H,1-2,5-19H2,3H3,(H,27,34)(H,28,31)(H,32,33)/t23-/m0/s1. The third kappa shape index (κ3) is 12.2. The van der Waals surface area contributed by atoms with Gasteiger partial charge in [-0.05, 0) is 49.2 Å². The van der Waals surface area contributed by atoms with Gasteiger partial charge in [0.15, 0.2) is 0 Å². The van der Waals surface area contributed by atoms with Crippen molar-refractivity contribution < 1.29 is 19.5 Å². The Morgan fingerprint density at radius 3 is 2.44 bits per heavy atom. The van der Waals surface area contributed by atoms with Crippen LogP contribution in [0.3, 0.4) is 0 Å². The van der Waals surface area contributed by atoms with E-state index in [1.165, 1.54) is 43.9 Å². The molecule has 2 aliphatic rings. The average Bonchev–Trinajstić information content (AvgIpc) is 2.85. The highest BCUT2D eigenvalue weighted by molar-refractivity contribution is 7.99. The molecule has 3 N–H and O–H groups in total. The lowest BCUT2D eigenvalue weighted by Crippen LogP contribution is -2.54. The van der Waals surface area contributed by atoms with E-state index >= 15 is 0 Å². The monoisotopic (exact) mass is 540 g/mol. The molecule has 1 saturated heterocycles. The number of amides is 2. The van der Waals surface area contributed by atoms with Crippen molar-refractivity contribution in [2.24, 2.45) is 5.92 Å². The van der Waals surface area contributed by atoms with Crippen LogP contribution < -0.4 is 10.6 Å². The van der Waals surface area contributed by atoms with E-state index in [-0.39, 0.29) is 30.9 Å². The van der Waals surface area contributed by atoms with Gasteiger partial charge in [0.1, 0.15) is 6.04 Å². The summed E-state index contributed by atoms with van der Waals surface area (Å²) < 4.78 is 0.